The van der Waals surface area contributed by atoms with Crippen LogP contribution < -0.4 is 5.32 Å². The summed E-state index contributed by atoms with van der Waals surface area (Å²) in [6.45, 7) is 3.13. The first-order chi connectivity index (χ1) is 10.1. The lowest BCUT2D eigenvalue weighted by Gasteiger charge is -2.34. The molecule has 0 bridgehead atoms. The molecule has 21 heavy (non-hydrogen) atoms. The van der Waals surface area contributed by atoms with Crippen LogP contribution in [-0.2, 0) is 4.79 Å². The molecule has 7 nitrogen and oxygen atoms in total. The molecule has 0 spiro atoms. The molecule has 116 valence electrons. The van der Waals surface area contributed by atoms with Crippen molar-refractivity contribution in [2.24, 2.45) is 0 Å². The molecule has 8 heteroatoms. The summed E-state index contributed by atoms with van der Waals surface area (Å²) >= 11 is 1.30. The van der Waals surface area contributed by atoms with Crippen molar-refractivity contribution in [1.82, 2.24) is 15.1 Å². The van der Waals surface area contributed by atoms with Crippen LogP contribution in [0.25, 0.3) is 0 Å². The molecule has 1 unspecified atom stereocenters. The number of carbonyl (C=O) groups excluding carboxylic acids is 1. The van der Waals surface area contributed by atoms with Gasteiger partial charge in [0.05, 0.1) is 6.61 Å². The molecule has 0 saturated carbocycles. The van der Waals surface area contributed by atoms with E-state index in [9.17, 15) is 14.7 Å². The van der Waals surface area contributed by atoms with Gasteiger partial charge in [0.15, 0.2) is 6.04 Å². The molecule has 1 saturated heterocycles. The minimum atomic E-state index is -1.07. The molecule has 0 aromatic carbocycles. The fourth-order valence-corrected chi connectivity index (χ4v) is 3.01. The number of piperazine rings is 1. The van der Waals surface area contributed by atoms with Crippen molar-refractivity contribution in [2.45, 2.75) is 6.04 Å². The van der Waals surface area contributed by atoms with E-state index in [1.54, 1.807) is 22.4 Å². The molecule has 1 aliphatic heterocycles. The Kier molecular flexibility index (Phi) is 5.54. The quantitative estimate of drug-likeness (QED) is 0.722. The van der Waals surface area contributed by atoms with Crippen molar-refractivity contribution >= 4 is 23.3 Å². The van der Waals surface area contributed by atoms with Gasteiger partial charge in [-0.3, -0.25) is 4.90 Å². The third-order valence-electron chi connectivity index (χ3n) is 3.42. The lowest BCUT2D eigenvalue weighted by molar-refractivity contribution is -0.139. The second-order valence-corrected chi connectivity index (χ2v) is 5.77. The van der Waals surface area contributed by atoms with E-state index in [-0.39, 0.29) is 12.6 Å². The van der Waals surface area contributed by atoms with Gasteiger partial charge in [0.25, 0.3) is 0 Å². The highest BCUT2D eigenvalue weighted by Gasteiger charge is 2.27. The monoisotopic (exact) mass is 313 g/mol. The molecule has 1 atom stereocenters. The average Bonchev–Trinajstić information content (AvgIpc) is 2.99. The van der Waals surface area contributed by atoms with Gasteiger partial charge in [0, 0.05) is 37.6 Å². The maximum atomic E-state index is 12.2. The smallest absolute Gasteiger partial charge is 0.331 e. The van der Waals surface area contributed by atoms with E-state index < -0.39 is 12.0 Å². The van der Waals surface area contributed by atoms with Gasteiger partial charge >= 0.3 is 12.0 Å². The van der Waals surface area contributed by atoms with Gasteiger partial charge in [-0.1, -0.05) is 6.07 Å². The summed E-state index contributed by atoms with van der Waals surface area (Å²) in [7, 11) is 0. The van der Waals surface area contributed by atoms with E-state index >= 15 is 0 Å². The number of nitrogens with zero attached hydrogens (tertiary/aromatic N) is 2. The molecule has 2 heterocycles. The van der Waals surface area contributed by atoms with Crippen molar-refractivity contribution < 1.29 is 19.8 Å². The summed E-state index contributed by atoms with van der Waals surface area (Å²) in [5.41, 5.74) is 0. The largest absolute Gasteiger partial charge is 0.479 e. The van der Waals surface area contributed by atoms with Gasteiger partial charge < -0.3 is 20.4 Å². The van der Waals surface area contributed by atoms with E-state index in [2.05, 4.69) is 10.2 Å². The fourth-order valence-electron chi connectivity index (χ4n) is 2.24. The van der Waals surface area contributed by atoms with Crippen LogP contribution >= 0.6 is 11.3 Å². The molecule has 0 aliphatic carbocycles. The first kappa shape index (κ1) is 15.7. The number of hydrogen-bond donors (Lipinski definition) is 3. The van der Waals surface area contributed by atoms with Crippen LogP contribution in [0.15, 0.2) is 17.5 Å². The number of carbonyl (C=O) groups is 2. The van der Waals surface area contributed by atoms with Gasteiger partial charge in [0.2, 0.25) is 0 Å². The highest BCUT2D eigenvalue weighted by atomic mass is 32.1. The third kappa shape index (κ3) is 4.16. The molecule has 0 radical (unpaired) electrons. The van der Waals surface area contributed by atoms with Crippen molar-refractivity contribution in [3.8, 4) is 0 Å². The Balaban J connectivity index is 1.90. The van der Waals surface area contributed by atoms with Crippen LogP contribution in [0.1, 0.15) is 10.9 Å². The summed E-state index contributed by atoms with van der Waals surface area (Å²) in [5.74, 6) is -1.07. The van der Waals surface area contributed by atoms with Gasteiger partial charge in [0.1, 0.15) is 0 Å². The second kappa shape index (κ2) is 7.39. The number of aliphatic carboxylic acids is 1. The molecule has 1 aliphatic rings. The Hall–Kier alpha value is -1.64. The lowest BCUT2D eigenvalue weighted by atomic mass is 10.2. The second-order valence-electron chi connectivity index (χ2n) is 4.79. The number of β-amino-alcohol motifs (C(OH)–C–C–N with tert-alkyl or cyclic N) is 1. The van der Waals surface area contributed by atoms with E-state index in [4.69, 9.17) is 5.11 Å². The van der Waals surface area contributed by atoms with Crippen molar-refractivity contribution in [2.75, 3.05) is 39.3 Å². The Morgan fingerprint density at radius 3 is 2.57 bits per heavy atom. The number of carboxylic acid groups (broad SMARTS) is 1. The fraction of sp³-hybridized carbons (Fsp3) is 0.538. The van der Waals surface area contributed by atoms with Crippen molar-refractivity contribution in [3.05, 3.63) is 22.4 Å². The summed E-state index contributed by atoms with van der Waals surface area (Å²) in [5, 5.41) is 22.5. The van der Waals surface area contributed by atoms with Crippen LogP contribution in [0.5, 0.6) is 0 Å². The SMILES string of the molecule is O=C(O)C(NC(=O)N1CCN(CCO)CC1)c1cccs1. The van der Waals surface area contributed by atoms with Crippen LogP contribution in [0.2, 0.25) is 0 Å². The Bertz CT molecular complexity index is 472. The molecular weight excluding hydrogens is 294 g/mol. The molecule has 1 aromatic rings. The topological polar surface area (TPSA) is 93.1 Å². The van der Waals surface area contributed by atoms with E-state index in [1.807, 2.05) is 0 Å². The minimum absolute atomic E-state index is 0.103. The van der Waals surface area contributed by atoms with Crippen LogP contribution in [-0.4, -0.2) is 71.3 Å². The van der Waals surface area contributed by atoms with Crippen molar-refractivity contribution in [1.29, 1.82) is 0 Å². The van der Waals surface area contributed by atoms with E-state index in [0.29, 0.717) is 37.6 Å². The summed E-state index contributed by atoms with van der Waals surface area (Å²) in [6, 6.07) is 2.09. The lowest BCUT2D eigenvalue weighted by Crippen LogP contribution is -2.53. The molecule has 1 aromatic heterocycles. The molecule has 1 fully saturated rings. The highest BCUT2D eigenvalue weighted by molar-refractivity contribution is 7.10. The maximum Gasteiger partial charge on any atom is 0.331 e. The highest BCUT2D eigenvalue weighted by Crippen LogP contribution is 2.19. The van der Waals surface area contributed by atoms with E-state index in [1.165, 1.54) is 11.3 Å². The zero-order chi connectivity index (χ0) is 15.2. The van der Waals surface area contributed by atoms with Crippen LogP contribution in [0.4, 0.5) is 4.79 Å². The number of amides is 2. The minimum Gasteiger partial charge on any atom is -0.479 e. The van der Waals surface area contributed by atoms with Crippen molar-refractivity contribution in [3.63, 3.8) is 0 Å². The van der Waals surface area contributed by atoms with Crippen LogP contribution in [0.3, 0.4) is 0 Å². The first-order valence-corrected chi connectivity index (χ1v) is 7.64. The van der Waals surface area contributed by atoms with Gasteiger partial charge in [-0.25, -0.2) is 9.59 Å². The number of carboxylic acids is 1. The molecule has 2 rings (SSSR count). The number of aliphatic hydroxyl groups is 1. The normalized spacial score (nSPS) is 17.5. The molecular formula is C13H19N3O4S. The standard InChI is InChI=1S/C13H19N3O4S/c17-8-7-15-3-5-16(6-4-15)13(20)14-11(12(18)19)10-2-1-9-21-10/h1-2,9,11,17H,3-8H2,(H,14,20)(H,18,19). The number of hydrogen-bond acceptors (Lipinski definition) is 5. The first-order valence-electron chi connectivity index (χ1n) is 6.76. The number of thiophene rings is 1. The number of urea groups is 1. The average molecular weight is 313 g/mol. The molecule has 2 amide bonds. The summed E-state index contributed by atoms with van der Waals surface area (Å²) < 4.78 is 0. The number of rotatable bonds is 5. The Morgan fingerprint density at radius 1 is 1.33 bits per heavy atom. The number of aliphatic hydroxyl groups excluding tert-OH is 1. The zero-order valence-electron chi connectivity index (χ0n) is 11.6. The predicted octanol–water partition coefficient (Wildman–Crippen LogP) is 0.193. The van der Waals surface area contributed by atoms with Gasteiger partial charge in [-0.05, 0) is 11.4 Å². The Labute approximate surface area is 126 Å². The Morgan fingerprint density at radius 2 is 2.05 bits per heavy atom. The van der Waals surface area contributed by atoms with Crippen LogP contribution in [0, 0.1) is 0 Å². The zero-order valence-corrected chi connectivity index (χ0v) is 12.4. The third-order valence-corrected chi connectivity index (χ3v) is 4.36. The molecule has 3 N–H and O–H groups in total. The predicted molar refractivity (Wildman–Crippen MR) is 78.3 cm³/mol. The summed E-state index contributed by atoms with van der Waals surface area (Å²) in [4.78, 5) is 27.7. The van der Waals surface area contributed by atoms with E-state index in [0.717, 1.165) is 0 Å². The van der Waals surface area contributed by atoms with Gasteiger partial charge in [-0.15, -0.1) is 11.3 Å². The van der Waals surface area contributed by atoms with Gasteiger partial charge in [-0.2, -0.15) is 0 Å². The summed E-state index contributed by atoms with van der Waals surface area (Å²) in [6.07, 6.45) is 0. The maximum absolute atomic E-state index is 12.2. The number of nitrogens with one attached hydrogen (secondary N) is 1.